The number of hydrogen-bond acceptors (Lipinski definition) is 3. The Morgan fingerprint density at radius 2 is 1.65 bits per heavy atom. The summed E-state index contributed by atoms with van der Waals surface area (Å²) in [6.07, 6.45) is 9.45. The van der Waals surface area contributed by atoms with E-state index in [-0.39, 0.29) is 30.7 Å². The van der Waals surface area contributed by atoms with Crippen LogP contribution in [0.5, 0.6) is 0 Å². The number of aliphatic hydroxyl groups excluding tert-OH is 3. The van der Waals surface area contributed by atoms with Crippen molar-refractivity contribution in [2.24, 2.45) is 34.0 Å². The Morgan fingerprint density at radius 3 is 2.23 bits per heavy atom. The number of aliphatic hydroxyl groups is 3. The monoisotopic (exact) mass is 364 g/mol. The van der Waals surface area contributed by atoms with E-state index < -0.39 is 5.41 Å². The third-order valence-electron chi connectivity index (χ3n) is 9.12. The topological polar surface area (TPSA) is 60.7 Å². The Balaban J connectivity index is 1.99. The first-order chi connectivity index (χ1) is 12.3. The summed E-state index contributed by atoms with van der Waals surface area (Å²) in [6, 6.07) is 0. The summed E-state index contributed by atoms with van der Waals surface area (Å²) >= 11 is 0. The molecule has 0 aliphatic heterocycles. The highest BCUT2D eigenvalue weighted by atomic mass is 16.3. The fourth-order valence-corrected chi connectivity index (χ4v) is 7.08. The molecule has 0 amide bonds. The Hall–Kier alpha value is -0.380. The lowest BCUT2D eigenvalue weighted by Gasteiger charge is -2.62. The molecule has 26 heavy (non-hydrogen) atoms. The van der Waals surface area contributed by atoms with Crippen LogP contribution < -0.4 is 0 Å². The van der Waals surface area contributed by atoms with Gasteiger partial charge in [-0.05, 0) is 73.5 Å². The zero-order valence-corrected chi connectivity index (χ0v) is 17.4. The lowest BCUT2D eigenvalue weighted by molar-refractivity contribution is -0.158. The van der Waals surface area contributed by atoms with Crippen molar-refractivity contribution >= 4 is 0 Å². The second kappa shape index (κ2) is 7.22. The normalized spacial score (nSPS) is 38.3. The molecule has 0 heterocycles. The van der Waals surface area contributed by atoms with Crippen molar-refractivity contribution in [1.82, 2.24) is 0 Å². The van der Waals surface area contributed by atoms with Gasteiger partial charge >= 0.3 is 0 Å². The largest absolute Gasteiger partial charge is 0.396 e. The third kappa shape index (κ3) is 2.81. The van der Waals surface area contributed by atoms with Gasteiger partial charge in [0.1, 0.15) is 0 Å². The average Bonchev–Trinajstić information content (AvgIpc) is 2.63. The van der Waals surface area contributed by atoms with Crippen molar-refractivity contribution in [1.29, 1.82) is 0 Å². The number of rotatable bonds is 5. The van der Waals surface area contributed by atoms with Gasteiger partial charge in [-0.3, -0.25) is 0 Å². The second-order valence-corrected chi connectivity index (χ2v) is 10.4. The van der Waals surface area contributed by atoms with E-state index in [0.29, 0.717) is 5.92 Å². The molecule has 1 saturated carbocycles. The van der Waals surface area contributed by atoms with Crippen molar-refractivity contribution in [3.63, 3.8) is 0 Å². The molecule has 0 radical (unpaired) electrons. The van der Waals surface area contributed by atoms with Gasteiger partial charge in [0.15, 0.2) is 0 Å². The summed E-state index contributed by atoms with van der Waals surface area (Å²) < 4.78 is 0. The Kier molecular flexibility index (Phi) is 5.65. The zero-order chi connectivity index (χ0) is 19.2. The van der Waals surface area contributed by atoms with Crippen LogP contribution in [0.2, 0.25) is 0 Å². The van der Waals surface area contributed by atoms with Gasteiger partial charge in [-0.15, -0.1) is 0 Å². The van der Waals surface area contributed by atoms with Crippen LogP contribution in [0.4, 0.5) is 0 Å². The highest BCUT2D eigenvalue weighted by Crippen LogP contribution is 2.66. The summed E-state index contributed by atoms with van der Waals surface area (Å²) in [5, 5.41) is 30.5. The molecule has 3 aliphatic rings. The summed E-state index contributed by atoms with van der Waals surface area (Å²) in [5.41, 5.74) is 2.60. The van der Waals surface area contributed by atoms with Crippen LogP contribution in [-0.4, -0.2) is 35.1 Å². The summed E-state index contributed by atoms with van der Waals surface area (Å²) in [5.74, 6) is 2.02. The van der Waals surface area contributed by atoms with Gasteiger partial charge in [0.05, 0.1) is 19.8 Å². The second-order valence-electron chi connectivity index (χ2n) is 10.4. The highest BCUT2D eigenvalue weighted by Gasteiger charge is 2.60. The van der Waals surface area contributed by atoms with Gasteiger partial charge in [0.25, 0.3) is 0 Å². The molecule has 3 aliphatic carbocycles. The van der Waals surface area contributed by atoms with Crippen LogP contribution in [0.25, 0.3) is 0 Å². The van der Waals surface area contributed by atoms with Gasteiger partial charge in [0, 0.05) is 5.41 Å². The standard InChI is InChI=1S/C23H40O3/c1-16(2)17-6-8-19-18(12-17)7-9-20-21(19,3)10-5-11-22(20,4)23(13-24,14-25)15-26/h16-17,20,24-26H,5-15H2,1-4H3/t17?,20-,21-,22+/m1/s1. The van der Waals surface area contributed by atoms with E-state index in [2.05, 4.69) is 27.7 Å². The molecule has 0 aromatic rings. The van der Waals surface area contributed by atoms with Gasteiger partial charge in [0.2, 0.25) is 0 Å². The molecule has 1 fully saturated rings. The number of hydrogen-bond donors (Lipinski definition) is 3. The van der Waals surface area contributed by atoms with Crippen molar-refractivity contribution in [3.8, 4) is 0 Å². The minimum atomic E-state index is -0.785. The molecular formula is C23H40O3. The third-order valence-corrected chi connectivity index (χ3v) is 9.12. The molecule has 0 aromatic heterocycles. The molecule has 0 spiro atoms. The SMILES string of the molecule is CC(C)C1CCC2=C(CC[C@H]3[C@@](C)(C(CO)(CO)CO)CCC[C@]23C)C1. The van der Waals surface area contributed by atoms with Crippen molar-refractivity contribution in [2.45, 2.75) is 79.1 Å². The van der Waals surface area contributed by atoms with E-state index in [9.17, 15) is 15.3 Å². The minimum Gasteiger partial charge on any atom is -0.396 e. The lowest BCUT2D eigenvalue weighted by atomic mass is 9.42. The van der Waals surface area contributed by atoms with Crippen molar-refractivity contribution in [3.05, 3.63) is 11.1 Å². The highest BCUT2D eigenvalue weighted by molar-refractivity contribution is 5.31. The fourth-order valence-electron chi connectivity index (χ4n) is 7.08. The maximum atomic E-state index is 10.2. The molecule has 3 nitrogen and oxygen atoms in total. The Bertz CT molecular complexity index is 539. The van der Waals surface area contributed by atoms with Crippen LogP contribution >= 0.6 is 0 Å². The van der Waals surface area contributed by atoms with Crippen LogP contribution in [0, 0.1) is 34.0 Å². The molecule has 1 unspecified atom stereocenters. The first-order valence-electron chi connectivity index (χ1n) is 10.8. The molecule has 150 valence electrons. The smallest absolute Gasteiger partial charge is 0.0536 e. The summed E-state index contributed by atoms with van der Waals surface area (Å²) in [6.45, 7) is 9.01. The van der Waals surface area contributed by atoms with E-state index in [1.54, 1.807) is 11.1 Å². The van der Waals surface area contributed by atoms with Crippen LogP contribution in [-0.2, 0) is 0 Å². The Morgan fingerprint density at radius 1 is 1.00 bits per heavy atom. The van der Waals surface area contributed by atoms with Crippen LogP contribution in [0.1, 0.15) is 79.1 Å². The van der Waals surface area contributed by atoms with E-state index in [1.807, 2.05) is 0 Å². The van der Waals surface area contributed by atoms with Crippen molar-refractivity contribution in [2.75, 3.05) is 19.8 Å². The van der Waals surface area contributed by atoms with E-state index >= 15 is 0 Å². The molecule has 4 atom stereocenters. The van der Waals surface area contributed by atoms with Gasteiger partial charge in [-0.2, -0.15) is 0 Å². The molecule has 0 saturated heterocycles. The maximum Gasteiger partial charge on any atom is 0.0536 e. The lowest BCUT2D eigenvalue weighted by Crippen LogP contribution is -2.59. The minimum absolute atomic E-state index is 0.135. The molecular weight excluding hydrogens is 324 g/mol. The molecule has 3 N–H and O–H groups in total. The van der Waals surface area contributed by atoms with E-state index in [1.165, 1.54) is 32.1 Å². The molecule has 0 bridgehead atoms. The molecule has 0 aromatic carbocycles. The Labute approximate surface area is 159 Å². The van der Waals surface area contributed by atoms with Gasteiger partial charge < -0.3 is 15.3 Å². The summed E-state index contributed by atoms with van der Waals surface area (Å²) in [7, 11) is 0. The number of allylic oxidation sites excluding steroid dienone is 2. The summed E-state index contributed by atoms with van der Waals surface area (Å²) in [4.78, 5) is 0. The van der Waals surface area contributed by atoms with Gasteiger partial charge in [-0.25, -0.2) is 0 Å². The first kappa shape index (κ1) is 20.4. The van der Waals surface area contributed by atoms with Gasteiger partial charge in [-0.1, -0.05) is 45.3 Å². The van der Waals surface area contributed by atoms with E-state index in [0.717, 1.165) is 31.1 Å². The van der Waals surface area contributed by atoms with Crippen LogP contribution in [0.15, 0.2) is 11.1 Å². The molecule has 3 heteroatoms. The molecule has 3 rings (SSSR count). The zero-order valence-electron chi connectivity index (χ0n) is 17.4. The average molecular weight is 365 g/mol. The predicted molar refractivity (Wildman–Crippen MR) is 106 cm³/mol. The maximum absolute atomic E-state index is 10.2. The van der Waals surface area contributed by atoms with Crippen molar-refractivity contribution < 1.29 is 15.3 Å². The predicted octanol–water partition coefficient (Wildman–Crippen LogP) is 4.31. The first-order valence-corrected chi connectivity index (χ1v) is 10.8. The van der Waals surface area contributed by atoms with E-state index in [4.69, 9.17) is 0 Å². The number of fused-ring (bicyclic) bond motifs is 2. The quantitative estimate of drug-likeness (QED) is 0.637. The fraction of sp³-hybridized carbons (Fsp3) is 0.913. The van der Waals surface area contributed by atoms with Crippen LogP contribution in [0.3, 0.4) is 0 Å².